The van der Waals surface area contributed by atoms with Gasteiger partial charge in [0.25, 0.3) is 0 Å². The number of nitrogens with two attached hydrogens (primary N) is 1. The van der Waals surface area contributed by atoms with Crippen LogP contribution in [0.25, 0.3) is 0 Å². The molecule has 0 spiro atoms. The number of hydrogen-bond donors (Lipinski definition) is 2. The summed E-state index contributed by atoms with van der Waals surface area (Å²) in [5, 5.41) is 2.63. The molecule has 0 saturated carbocycles. The van der Waals surface area contributed by atoms with E-state index in [1.165, 1.54) is 0 Å². The monoisotopic (exact) mass is 257 g/mol. The van der Waals surface area contributed by atoms with E-state index in [2.05, 4.69) is 5.32 Å². The molecule has 2 unspecified atom stereocenters. The number of carbonyl (C=O) groups excluding carboxylic acids is 2. The zero-order valence-electron chi connectivity index (χ0n) is 10.4. The molecule has 5 nitrogen and oxygen atoms in total. The van der Waals surface area contributed by atoms with Crippen LogP contribution in [0.5, 0.6) is 0 Å². The summed E-state index contributed by atoms with van der Waals surface area (Å²) in [5.74, 6) is -0.585. The second-order valence-electron chi connectivity index (χ2n) is 4.77. The van der Waals surface area contributed by atoms with Crippen LogP contribution in [-0.4, -0.2) is 41.8 Å². The Morgan fingerprint density at radius 2 is 2.12 bits per heavy atom. The van der Waals surface area contributed by atoms with Crippen molar-refractivity contribution in [3.05, 3.63) is 0 Å². The average Bonchev–Trinajstić information content (AvgIpc) is 2.70. The lowest BCUT2D eigenvalue weighted by atomic mass is 9.89. The highest BCUT2D eigenvalue weighted by Crippen LogP contribution is 2.30. The number of likely N-dealkylation sites (tertiary alicyclic amines) is 1. The van der Waals surface area contributed by atoms with Crippen LogP contribution in [0.4, 0.5) is 0 Å². The summed E-state index contributed by atoms with van der Waals surface area (Å²) in [6.45, 7) is 4.57. The minimum absolute atomic E-state index is 0.0317. The minimum Gasteiger partial charge on any atom is -0.393 e. The Balaban J connectivity index is 2.71. The third-order valence-corrected chi connectivity index (χ3v) is 3.71. The smallest absolute Gasteiger partial charge is 0.232 e. The van der Waals surface area contributed by atoms with Crippen molar-refractivity contribution in [1.29, 1.82) is 0 Å². The van der Waals surface area contributed by atoms with Crippen LogP contribution < -0.4 is 11.1 Å². The van der Waals surface area contributed by atoms with Crippen LogP contribution >= 0.6 is 12.2 Å². The van der Waals surface area contributed by atoms with Crippen molar-refractivity contribution in [2.45, 2.75) is 20.3 Å². The lowest BCUT2D eigenvalue weighted by Gasteiger charge is -2.24. The molecule has 1 rings (SSSR count). The highest BCUT2D eigenvalue weighted by Gasteiger charge is 2.42. The Labute approximate surface area is 107 Å². The van der Waals surface area contributed by atoms with E-state index in [9.17, 15) is 9.59 Å². The number of carbonyl (C=O) groups is 2. The maximum Gasteiger partial charge on any atom is 0.232 e. The molecule has 1 saturated heterocycles. The SMILES string of the molecule is CNC(=O)C1(C)CCN(C(=O)C(C)C(N)=S)C1. The lowest BCUT2D eigenvalue weighted by molar-refractivity contribution is -0.133. The van der Waals surface area contributed by atoms with E-state index in [1.54, 1.807) is 18.9 Å². The van der Waals surface area contributed by atoms with Crippen molar-refractivity contribution < 1.29 is 9.59 Å². The Morgan fingerprint density at radius 1 is 1.53 bits per heavy atom. The van der Waals surface area contributed by atoms with Gasteiger partial charge in [-0.3, -0.25) is 9.59 Å². The molecule has 0 aliphatic carbocycles. The van der Waals surface area contributed by atoms with Crippen LogP contribution in [0.3, 0.4) is 0 Å². The van der Waals surface area contributed by atoms with Crippen molar-refractivity contribution in [3.63, 3.8) is 0 Å². The van der Waals surface area contributed by atoms with Crippen LogP contribution in [-0.2, 0) is 9.59 Å². The summed E-state index contributed by atoms with van der Waals surface area (Å²) in [5.41, 5.74) is 4.96. The van der Waals surface area contributed by atoms with Gasteiger partial charge in [-0.15, -0.1) is 0 Å². The predicted octanol–water partition coefficient (Wildman–Crippen LogP) is -0.107. The fourth-order valence-corrected chi connectivity index (χ4v) is 2.13. The quantitative estimate of drug-likeness (QED) is 0.692. The summed E-state index contributed by atoms with van der Waals surface area (Å²) in [6.07, 6.45) is 0.669. The molecule has 2 amide bonds. The van der Waals surface area contributed by atoms with E-state index >= 15 is 0 Å². The van der Waals surface area contributed by atoms with Crippen molar-refractivity contribution in [2.75, 3.05) is 20.1 Å². The maximum atomic E-state index is 12.0. The van der Waals surface area contributed by atoms with E-state index in [0.717, 1.165) is 0 Å². The summed E-state index contributed by atoms with van der Waals surface area (Å²) in [4.78, 5) is 25.6. The standard InChI is InChI=1S/C11H19N3O2S/c1-7(8(12)17)9(15)14-5-4-11(2,6-14)10(16)13-3/h7H,4-6H2,1-3H3,(H2,12,17)(H,13,16). The summed E-state index contributed by atoms with van der Waals surface area (Å²) in [6, 6.07) is 0. The number of amides is 2. The molecule has 6 heteroatoms. The second-order valence-corrected chi connectivity index (χ2v) is 5.25. The molecular weight excluding hydrogens is 238 g/mol. The molecule has 1 aliphatic rings. The Hall–Kier alpha value is -1.17. The van der Waals surface area contributed by atoms with Gasteiger partial charge in [0.2, 0.25) is 11.8 Å². The van der Waals surface area contributed by atoms with Gasteiger partial charge in [-0.25, -0.2) is 0 Å². The van der Waals surface area contributed by atoms with Crippen molar-refractivity contribution in [3.8, 4) is 0 Å². The zero-order chi connectivity index (χ0) is 13.2. The first kappa shape index (κ1) is 13.9. The number of nitrogens with one attached hydrogen (secondary N) is 1. The first-order chi connectivity index (χ1) is 7.81. The first-order valence-corrected chi connectivity index (χ1v) is 6.03. The van der Waals surface area contributed by atoms with E-state index in [-0.39, 0.29) is 16.8 Å². The molecule has 1 aliphatic heterocycles. The molecule has 2 atom stereocenters. The first-order valence-electron chi connectivity index (χ1n) is 5.62. The molecule has 96 valence electrons. The molecule has 0 aromatic rings. The normalized spacial score (nSPS) is 25.5. The summed E-state index contributed by atoms with van der Waals surface area (Å²) >= 11 is 4.81. The predicted molar refractivity (Wildman–Crippen MR) is 69.3 cm³/mol. The van der Waals surface area contributed by atoms with E-state index in [4.69, 9.17) is 18.0 Å². The highest BCUT2D eigenvalue weighted by atomic mass is 32.1. The second kappa shape index (κ2) is 5.00. The van der Waals surface area contributed by atoms with Crippen LogP contribution in [0.15, 0.2) is 0 Å². The molecular formula is C11H19N3O2S. The van der Waals surface area contributed by atoms with Crippen LogP contribution in [0.2, 0.25) is 0 Å². The molecule has 1 fully saturated rings. The van der Waals surface area contributed by atoms with E-state index in [0.29, 0.717) is 19.5 Å². The van der Waals surface area contributed by atoms with Gasteiger partial charge in [0.15, 0.2) is 0 Å². The molecule has 3 N–H and O–H groups in total. The Kier molecular flexibility index (Phi) is 4.08. The van der Waals surface area contributed by atoms with Crippen LogP contribution in [0, 0.1) is 11.3 Å². The van der Waals surface area contributed by atoms with Gasteiger partial charge in [-0.05, 0) is 20.3 Å². The number of rotatable bonds is 3. The number of nitrogens with zero attached hydrogens (tertiary/aromatic N) is 1. The van der Waals surface area contributed by atoms with Gasteiger partial charge in [-0.1, -0.05) is 12.2 Å². The third-order valence-electron chi connectivity index (χ3n) is 3.36. The van der Waals surface area contributed by atoms with Crippen molar-refractivity contribution in [1.82, 2.24) is 10.2 Å². The molecule has 1 heterocycles. The maximum absolute atomic E-state index is 12.0. The van der Waals surface area contributed by atoms with Gasteiger partial charge < -0.3 is 16.0 Å². The largest absolute Gasteiger partial charge is 0.393 e. The van der Waals surface area contributed by atoms with Crippen LogP contribution in [0.1, 0.15) is 20.3 Å². The molecule has 0 radical (unpaired) electrons. The molecule has 0 aromatic heterocycles. The minimum atomic E-state index is -0.500. The van der Waals surface area contributed by atoms with E-state index < -0.39 is 11.3 Å². The van der Waals surface area contributed by atoms with Gasteiger partial charge in [-0.2, -0.15) is 0 Å². The summed E-state index contributed by atoms with van der Waals surface area (Å²) < 4.78 is 0. The fraction of sp³-hybridized carbons (Fsp3) is 0.727. The van der Waals surface area contributed by atoms with Crippen molar-refractivity contribution in [2.24, 2.45) is 17.1 Å². The molecule has 0 aromatic carbocycles. The van der Waals surface area contributed by atoms with Gasteiger partial charge in [0.1, 0.15) is 0 Å². The molecule has 0 bridgehead atoms. The number of thiocarbonyl (C=S) groups is 1. The summed E-state index contributed by atoms with van der Waals surface area (Å²) in [7, 11) is 1.61. The highest BCUT2D eigenvalue weighted by molar-refractivity contribution is 7.80. The lowest BCUT2D eigenvalue weighted by Crippen LogP contribution is -2.43. The topological polar surface area (TPSA) is 75.4 Å². The zero-order valence-corrected chi connectivity index (χ0v) is 11.3. The average molecular weight is 257 g/mol. The molecule has 17 heavy (non-hydrogen) atoms. The number of hydrogen-bond acceptors (Lipinski definition) is 3. The van der Waals surface area contributed by atoms with Gasteiger partial charge >= 0.3 is 0 Å². The van der Waals surface area contributed by atoms with E-state index in [1.807, 2.05) is 6.92 Å². The Bertz CT molecular complexity index is 359. The van der Waals surface area contributed by atoms with Gasteiger partial charge in [0.05, 0.1) is 16.3 Å². The van der Waals surface area contributed by atoms with Gasteiger partial charge in [0, 0.05) is 20.1 Å². The Morgan fingerprint density at radius 3 is 2.59 bits per heavy atom. The van der Waals surface area contributed by atoms with Crippen molar-refractivity contribution >= 4 is 29.0 Å². The fourth-order valence-electron chi connectivity index (χ4n) is 2.03. The third kappa shape index (κ3) is 2.74.